The smallest absolute Gasteiger partial charge is 0.168 e. The van der Waals surface area contributed by atoms with E-state index < -0.39 is 0 Å². The van der Waals surface area contributed by atoms with Crippen LogP contribution in [-0.4, -0.2) is 47.8 Å². The Balaban J connectivity index is 1.67. The summed E-state index contributed by atoms with van der Waals surface area (Å²) in [6.07, 6.45) is 6.76. The molecule has 2 aromatic carbocycles. The molecule has 164 valence electrons. The van der Waals surface area contributed by atoms with Gasteiger partial charge in [0.1, 0.15) is 5.82 Å². The fourth-order valence-electron chi connectivity index (χ4n) is 4.35. The maximum atomic E-state index is 13.5. The minimum atomic E-state index is -0.238. The third-order valence-corrected chi connectivity index (χ3v) is 6.69. The second-order valence-electron chi connectivity index (χ2n) is 8.28. The molecule has 1 saturated heterocycles. The van der Waals surface area contributed by atoms with Gasteiger partial charge in [0.25, 0.3) is 0 Å². The fourth-order valence-corrected chi connectivity index (χ4v) is 4.62. The Labute approximate surface area is 193 Å². The molecule has 0 bridgehead atoms. The minimum absolute atomic E-state index is 0.238. The summed E-state index contributed by atoms with van der Waals surface area (Å²) < 4.78 is 15.6. The predicted molar refractivity (Wildman–Crippen MR) is 132 cm³/mol. The normalized spacial score (nSPS) is 16.5. The number of nitrogens with zero attached hydrogens (tertiary/aromatic N) is 3. The average Bonchev–Trinajstić information content (AvgIpc) is 3.13. The van der Waals surface area contributed by atoms with Crippen molar-refractivity contribution in [3.05, 3.63) is 59.5 Å². The third kappa shape index (κ3) is 4.80. The number of hydrogen-bond acceptors (Lipinski definition) is 2. The van der Waals surface area contributed by atoms with Gasteiger partial charge < -0.3 is 19.7 Å². The van der Waals surface area contributed by atoms with E-state index in [1.165, 1.54) is 30.7 Å². The van der Waals surface area contributed by atoms with Crippen LogP contribution in [0.4, 0.5) is 10.1 Å². The van der Waals surface area contributed by atoms with E-state index in [9.17, 15) is 4.39 Å². The molecule has 0 aliphatic carbocycles. The molecular weight excluding hydrogens is 431 g/mol. The van der Waals surface area contributed by atoms with Crippen LogP contribution < -0.4 is 10.2 Å². The Morgan fingerprint density at radius 2 is 1.97 bits per heavy atom. The first kappa shape index (κ1) is 21.9. The van der Waals surface area contributed by atoms with Gasteiger partial charge in [-0.2, -0.15) is 0 Å². The Bertz CT molecular complexity index is 1060. The van der Waals surface area contributed by atoms with Gasteiger partial charge in [0.2, 0.25) is 0 Å². The van der Waals surface area contributed by atoms with Crippen molar-refractivity contribution in [2.45, 2.75) is 31.7 Å². The van der Waals surface area contributed by atoms with Crippen LogP contribution in [0, 0.1) is 5.82 Å². The summed E-state index contributed by atoms with van der Waals surface area (Å²) >= 11 is 11.7. The van der Waals surface area contributed by atoms with E-state index in [1.807, 2.05) is 31.1 Å². The molecule has 1 unspecified atom stereocenters. The lowest BCUT2D eigenvalue weighted by molar-refractivity contribution is 0.435. The van der Waals surface area contributed by atoms with Crippen LogP contribution in [-0.2, 0) is 0 Å². The first-order valence-electron chi connectivity index (χ1n) is 10.7. The fraction of sp³-hybridized carbons (Fsp3) is 0.375. The Morgan fingerprint density at radius 1 is 1.19 bits per heavy atom. The van der Waals surface area contributed by atoms with Gasteiger partial charge in [-0.05, 0) is 80.4 Å². The first-order valence-corrected chi connectivity index (χ1v) is 11.5. The number of aromatic nitrogens is 1. The lowest BCUT2D eigenvalue weighted by atomic mass is 9.98. The number of benzene rings is 2. The van der Waals surface area contributed by atoms with Gasteiger partial charge in [0.15, 0.2) is 5.11 Å². The van der Waals surface area contributed by atoms with Crippen LogP contribution in [0.2, 0.25) is 5.02 Å². The van der Waals surface area contributed by atoms with Crippen molar-refractivity contribution in [2.75, 3.05) is 32.1 Å². The molecule has 1 N–H and O–H groups in total. The SMILES string of the molecule is CN(C)C(=S)NCCC1CCCCN1c1cn(-c2ccc(F)cc2)c2cc(Cl)ccc12. The summed E-state index contributed by atoms with van der Waals surface area (Å²) in [5.41, 5.74) is 3.16. The van der Waals surface area contributed by atoms with Gasteiger partial charge in [-0.25, -0.2) is 4.39 Å². The molecule has 31 heavy (non-hydrogen) atoms. The second kappa shape index (κ2) is 9.45. The molecule has 1 atom stereocenters. The highest BCUT2D eigenvalue weighted by molar-refractivity contribution is 7.80. The number of hydrogen-bond donors (Lipinski definition) is 1. The molecule has 1 aliphatic heterocycles. The maximum absolute atomic E-state index is 13.5. The first-order chi connectivity index (χ1) is 14.9. The van der Waals surface area contributed by atoms with Crippen molar-refractivity contribution in [1.82, 2.24) is 14.8 Å². The van der Waals surface area contributed by atoms with E-state index in [2.05, 4.69) is 27.0 Å². The molecule has 1 fully saturated rings. The summed E-state index contributed by atoms with van der Waals surface area (Å²) in [4.78, 5) is 4.45. The van der Waals surface area contributed by atoms with Gasteiger partial charge in [-0.15, -0.1) is 0 Å². The Morgan fingerprint density at radius 3 is 2.71 bits per heavy atom. The topological polar surface area (TPSA) is 23.4 Å². The van der Waals surface area contributed by atoms with E-state index in [0.29, 0.717) is 11.1 Å². The predicted octanol–water partition coefficient (Wildman–Crippen LogP) is 5.61. The number of rotatable bonds is 5. The molecule has 4 rings (SSSR count). The second-order valence-corrected chi connectivity index (χ2v) is 9.10. The quantitative estimate of drug-likeness (QED) is 0.502. The van der Waals surface area contributed by atoms with Crippen molar-refractivity contribution >= 4 is 45.5 Å². The summed E-state index contributed by atoms with van der Waals surface area (Å²) in [5, 5.41) is 5.98. The molecular formula is C24H28ClFN4S. The highest BCUT2D eigenvalue weighted by atomic mass is 35.5. The Kier molecular flexibility index (Phi) is 6.68. The molecule has 3 aromatic rings. The minimum Gasteiger partial charge on any atom is -0.367 e. The summed E-state index contributed by atoms with van der Waals surface area (Å²) in [7, 11) is 3.91. The van der Waals surface area contributed by atoms with Gasteiger partial charge in [-0.1, -0.05) is 11.6 Å². The Hall–Kier alpha value is -2.31. The zero-order chi connectivity index (χ0) is 22.0. The molecule has 2 heterocycles. The van der Waals surface area contributed by atoms with Crippen molar-refractivity contribution in [1.29, 1.82) is 0 Å². The van der Waals surface area contributed by atoms with E-state index in [4.69, 9.17) is 23.8 Å². The third-order valence-electron chi connectivity index (χ3n) is 5.95. The molecule has 0 saturated carbocycles. The molecule has 1 aliphatic rings. The van der Waals surface area contributed by atoms with Crippen LogP contribution in [0.3, 0.4) is 0 Å². The van der Waals surface area contributed by atoms with E-state index >= 15 is 0 Å². The van der Waals surface area contributed by atoms with Crippen LogP contribution >= 0.6 is 23.8 Å². The molecule has 0 amide bonds. The van der Waals surface area contributed by atoms with E-state index in [1.54, 1.807) is 12.1 Å². The maximum Gasteiger partial charge on any atom is 0.168 e. The van der Waals surface area contributed by atoms with Crippen LogP contribution in [0.15, 0.2) is 48.7 Å². The molecule has 4 nitrogen and oxygen atoms in total. The van der Waals surface area contributed by atoms with Crippen LogP contribution in [0.1, 0.15) is 25.7 Å². The zero-order valence-corrected chi connectivity index (χ0v) is 19.5. The van der Waals surface area contributed by atoms with Crippen molar-refractivity contribution in [2.24, 2.45) is 0 Å². The van der Waals surface area contributed by atoms with Crippen molar-refractivity contribution in [3.63, 3.8) is 0 Å². The molecule has 0 spiro atoms. The standard InChI is InChI=1S/C24H28ClFN4S/c1-28(2)24(31)27-13-12-19-5-3-4-14-29(19)23-16-30(20-9-7-18(26)8-10-20)22-15-17(25)6-11-21(22)23/h6-11,15-16,19H,3-5,12-14H2,1-2H3,(H,27,31). The number of nitrogens with one attached hydrogen (secondary N) is 1. The van der Waals surface area contributed by atoms with Gasteiger partial charge in [0, 0.05) is 55.5 Å². The van der Waals surface area contributed by atoms with Gasteiger partial charge in [0.05, 0.1) is 11.2 Å². The average molecular weight is 459 g/mol. The van der Waals surface area contributed by atoms with Gasteiger partial charge >= 0.3 is 0 Å². The number of anilines is 1. The summed E-state index contributed by atoms with van der Waals surface area (Å²) in [6, 6.07) is 13.1. The molecule has 7 heteroatoms. The zero-order valence-electron chi connectivity index (χ0n) is 17.9. The van der Waals surface area contributed by atoms with Crippen LogP contribution in [0.5, 0.6) is 0 Å². The highest BCUT2D eigenvalue weighted by Crippen LogP contribution is 2.37. The van der Waals surface area contributed by atoms with Crippen molar-refractivity contribution < 1.29 is 4.39 Å². The number of thiocarbonyl (C=S) groups is 1. The molecule has 1 aromatic heterocycles. The molecule has 0 radical (unpaired) electrons. The van der Waals surface area contributed by atoms with E-state index in [-0.39, 0.29) is 5.82 Å². The summed E-state index contributed by atoms with van der Waals surface area (Å²) in [6.45, 7) is 1.87. The van der Waals surface area contributed by atoms with Crippen molar-refractivity contribution in [3.8, 4) is 5.69 Å². The lowest BCUT2D eigenvalue weighted by Crippen LogP contribution is -2.43. The summed E-state index contributed by atoms with van der Waals surface area (Å²) in [5.74, 6) is -0.238. The lowest BCUT2D eigenvalue weighted by Gasteiger charge is -2.37. The van der Waals surface area contributed by atoms with E-state index in [0.717, 1.165) is 47.6 Å². The number of fused-ring (bicyclic) bond motifs is 1. The highest BCUT2D eigenvalue weighted by Gasteiger charge is 2.26. The van der Waals surface area contributed by atoms with Crippen LogP contribution in [0.25, 0.3) is 16.6 Å². The largest absolute Gasteiger partial charge is 0.367 e. The number of halogens is 2. The number of piperidine rings is 1. The van der Waals surface area contributed by atoms with Gasteiger partial charge in [-0.3, -0.25) is 0 Å². The monoisotopic (exact) mass is 458 g/mol.